The molecule has 0 spiro atoms. The minimum absolute atomic E-state index is 0.00606. The SMILES string of the molecule is Cc1ncsc1-c1ccc(CNC(=O)[C@@H]2C[C@@H](O)CN2C(=O)[C@H]([C@H](C)CCc2ncsc2-c2ccc(CNC(=O)[C@@H]3C[C@@H](O)CN3C(=O)[C@@H](C(C)C)n3cc(-c4ccnc(O[C@H](C)CNC(=O)C[C@@H]5N=C(c6ccc(Cl)cc6)c6c(sc(C)c6C)-n6c(C)nnc65)c4)cn3)cc2)n2cc(-c3ccnc(O[C@H](C)CNC(=O)C[C@@H]4N=C(c5ccc(Cl)cc5)c5c(sc(C)c5C)-n5c(C)nnc54)c3)cn2)cc1. The molecule has 2 fully saturated rings. The Morgan fingerprint density at radius 2 is 0.921 bits per heavy atom. The number of carbonyl (C=O) groups is 6. The van der Waals surface area contributed by atoms with Crippen LogP contribution in [0, 0.1) is 60.3 Å². The molecule has 38 heteroatoms. The van der Waals surface area contributed by atoms with Crippen LogP contribution < -0.4 is 30.7 Å². The standard InChI is InChI=1S/C102H106Cl2N22O10S4/c1-53(2)91(123-47-72(45-113-123)70-31-33-105-85(35-70)135-55(4)41-107-83(129)39-79-95-119-117-62(11)125(95)101-87(57(6)60(9)139-101)89(115-79)66-22-26-74(103)27-23-66)99(133)121-49-76(127)37-81(121)97(131)109-44-65-16-20-69(21-17-65)94-78(112-52-138-94)30-13-54(3)92(100(134)122-50-77(128)38-82(122)98(132)110-43-64-14-18-68(19-15-64)93-59(8)111-51-137-93)124-48-73(46-114-124)71-32-34-106-86(36-71)136-56(5)42-108-84(130)40-80-96-120-118-63(12)126(96)102-88(58(7)61(10)140-102)90(116-80)67-24-28-75(104)29-25-67/h14-29,31-36,45-48,51-56,76-77,79-82,91-92,127-128H,13,30,37-44,49-50H2,1-12H3,(H,107,129)(H,108,130)(H,109,131)(H,110,132)/t54-,55-,56-,76-,77-,79+,80+,81+,82+,91-,92+/m1/s1. The summed E-state index contributed by atoms with van der Waals surface area (Å²) >= 11 is 19.0. The van der Waals surface area contributed by atoms with Gasteiger partial charge in [0, 0.05) is 129 Å². The average molecular weight is 2000 g/mol. The number of ether oxygens (including phenoxy) is 2. The topological polar surface area (TPSA) is 389 Å². The summed E-state index contributed by atoms with van der Waals surface area (Å²) in [6.45, 7) is 24.0. The minimum atomic E-state index is -0.990. The highest BCUT2D eigenvalue weighted by atomic mass is 35.5. The smallest absolute Gasteiger partial charge is 0.248 e. The van der Waals surface area contributed by atoms with Crippen molar-refractivity contribution in [1.29, 1.82) is 0 Å². The first-order chi connectivity index (χ1) is 67.4. The van der Waals surface area contributed by atoms with Gasteiger partial charge in [-0.2, -0.15) is 10.2 Å². The number of thiazole rings is 2. The van der Waals surface area contributed by atoms with Gasteiger partial charge in [0.1, 0.15) is 70.1 Å². The minimum Gasteiger partial charge on any atom is -0.473 e. The molecular formula is C102H106Cl2N22O10S4. The first-order valence-electron chi connectivity index (χ1n) is 46.6. The molecule has 0 unspecified atom stereocenters. The van der Waals surface area contributed by atoms with E-state index in [1.165, 1.54) is 21.1 Å². The highest BCUT2D eigenvalue weighted by Gasteiger charge is 2.46. The summed E-state index contributed by atoms with van der Waals surface area (Å²) in [6.07, 6.45) is 8.07. The van der Waals surface area contributed by atoms with Crippen molar-refractivity contribution in [3.05, 3.63) is 269 Å². The number of likely N-dealkylation sites (tertiary alicyclic amines) is 2. The van der Waals surface area contributed by atoms with Crippen molar-refractivity contribution in [3.8, 4) is 64.9 Å². The number of nitrogens with zero attached hydrogens (tertiary/aromatic N) is 18. The number of rotatable bonds is 33. The summed E-state index contributed by atoms with van der Waals surface area (Å²) in [6, 6.07) is 32.8. The zero-order valence-corrected chi connectivity index (χ0v) is 84.0. The molecule has 14 aromatic rings. The van der Waals surface area contributed by atoms with Gasteiger partial charge in [0.05, 0.1) is 94.1 Å². The molecule has 11 atom stereocenters. The number of hydrogen-bond acceptors (Lipinski definition) is 26. The third-order valence-electron chi connectivity index (χ3n) is 26.2. The Morgan fingerprint density at radius 3 is 1.37 bits per heavy atom. The Balaban J connectivity index is 0.506. The Hall–Kier alpha value is -13.2. The van der Waals surface area contributed by atoms with Crippen LogP contribution in [0.4, 0.5) is 0 Å². The number of hydrogen-bond donors (Lipinski definition) is 6. The number of benzene rings is 4. The van der Waals surface area contributed by atoms with Gasteiger partial charge in [-0.15, -0.1) is 65.7 Å². The zero-order chi connectivity index (χ0) is 98.2. The Bertz CT molecular complexity index is 7040. The third kappa shape index (κ3) is 20.7. The molecule has 0 aliphatic carbocycles. The van der Waals surface area contributed by atoms with E-state index in [0.29, 0.717) is 74.3 Å². The number of aromatic nitrogens is 14. The molecule has 140 heavy (non-hydrogen) atoms. The van der Waals surface area contributed by atoms with Crippen LogP contribution >= 0.6 is 68.5 Å². The van der Waals surface area contributed by atoms with E-state index in [2.05, 4.69) is 84.3 Å². The molecule has 0 saturated carbocycles. The maximum Gasteiger partial charge on any atom is 0.248 e. The number of carbonyl (C=O) groups excluding carboxylic acids is 6. The van der Waals surface area contributed by atoms with Gasteiger partial charge in [-0.25, -0.2) is 19.9 Å². The summed E-state index contributed by atoms with van der Waals surface area (Å²) in [4.78, 5) is 123. The second-order valence-electron chi connectivity index (χ2n) is 36.5. The normalized spacial score (nSPS) is 17.7. The molecule has 0 radical (unpaired) electrons. The second kappa shape index (κ2) is 41.7. The maximum atomic E-state index is 15.7. The molecule has 722 valence electrons. The van der Waals surface area contributed by atoms with Gasteiger partial charge >= 0.3 is 0 Å². The molecule has 4 aliphatic rings. The zero-order valence-electron chi connectivity index (χ0n) is 79.2. The molecule has 2 saturated heterocycles. The third-order valence-corrected chi connectivity index (χ3v) is 31.0. The average Bonchev–Trinajstić information content (AvgIpc) is 1.59. The monoisotopic (exact) mass is 2000 g/mol. The van der Waals surface area contributed by atoms with E-state index < -0.39 is 84.3 Å². The molecule has 10 aromatic heterocycles. The lowest BCUT2D eigenvalue weighted by molar-refractivity contribution is -0.142. The Labute approximate surface area is 834 Å². The number of thiophene rings is 2. The van der Waals surface area contributed by atoms with Crippen molar-refractivity contribution in [3.63, 3.8) is 0 Å². The van der Waals surface area contributed by atoms with Crippen LogP contribution in [-0.2, 0) is 48.3 Å². The molecule has 0 bridgehead atoms. The maximum absolute atomic E-state index is 15.7. The fraction of sp³-hybridized carbons (Fsp3) is 0.353. The van der Waals surface area contributed by atoms with E-state index in [-0.39, 0.29) is 94.5 Å². The van der Waals surface area contributed by atoms with Crippen LogP contribution in [0.1, 0.15) is 180 Å². The number of amides is 6. The summed E-state index contributed by atoms with van der Waals surface area (Å²) in [5.41, 5.74) is 18.9. The lowest BCUT2D eigenvalue weighted by Crippen LogP contribution is -2.49. The van der Waals surface area contributed by atoms with E-state index in [4.69, 9.17) is 57.8 Å². The van der Waals surface area contributed by atoms with Crippen LogP contribution in [0.25, 0.3) is 53.1 Å². The molecule has 6 N–H and O–H groups in total. The van der Waals surface area contributed by atoms with E-state index in [1.54, 1.807) is 98.2 Å². The molecule has 4 aromatic carbocycles. The Kier molecular flexibility index (Phi) is 28.9. The number of fused-ring (bicyclic) bond motifs is 6. The van der Waals surface area contributed by atoms with Gasteiger partial charge in [-0.1, -0.05) is 117 Å². The number of pyridine rings is 2. The van der Waals surface area contributed by atoms with Gasteiger partial charge in [-0.3, -0.25) is 57.2 Å². The highest BCUT2D eigenvalue weighted by molar-refractivity contribution is 7.15. The van der Waals surface area contributed by atoms with Crippen molar-refractivity contribution in [2.45, 2.75) is 195 Å². The number of aliphatic imine (C=N–C) groups is 2. The molecule has 32 nitrogen and oxygen atoms in total. The summed E-state index contributed by atoms with van der Waals surface area (Å²) in [5, 5.41) is 65.5. The van der Waals surface area contributed by atoms with E-state index in [0.717, 1.165) is 108 Å². The second-order valence-corrected chi connectivity index (χ2v) is 41.5. The van der Waals surface area contributed by atoms with E-state index in [1.807, 2.05) is 179 Å². The first kappa shape index (κ1) is 97.0. The van der Waals surface area contributed by atoms with Crippen LogP contribution in [0.3, 0.4) is 0 Å². The molecular weight excluding hydrogens is 1890 g/mol. The van der Waals surface area contributed by atoms with Gasteiger partial charge < -0.3 is 50.8 Å². The number of aryl methyl sites for hydroxylation is 6. The first-order valence-corrected chi connectivity index (χ1v) is 50.7. The lowest BCUT2D eigenvalue weighted by atomic mass is 9.93. The van der Waals surface area contributed by atoms with Gasteiger partial charge in [-0.05, 0) is 168 Å². The number of nitrogens with one attached hydrogen (secondary N) is 4. The van der Waals surface area contributed by atoms with Crippen molar-refractivity contribution >= 4 is 115 Å². The summed E-state index contributed by atoms with van der Waals surface area (Å²) in [5.74, 6) is 0.254. The summed E-state index contributed by atoms with van der Waals surface area (Å²) in [7, 11) is 0. The van der Waals surface area contributed by atoms with Crippen LogP contribution in [-0.4, -0.2) is 199 Å². The van der Waals surface area contributed by atoms with E-state index in [9.17, 15) is 34.2 Å². The van der Waals surface area contributed by atoms with Crippen LogP contribution in [0.2, 0.25) is 10.0 Å². The predicted octanol–water partition coefficient (Wildman–Crippen LogP) is 15.5. The number of aliphatic hydroxyl groups is 2. The fourth-order valence-corrected chi connectivity index (χ4v) is 22.9. The predicted molar refractivity (Wildman–Crippen MR) is 539 cm³/mol. The molecule has 6 amide bonds. The number of aliphatic hydroxyl groups excluding tert-OH is 2. The Morgan fingerprint density at radius 1 is 0.493 bits per heavy atom. The number of halogens is 2. The summed E-state index contributed by atoms with van der Waals surface area (Å²) < 4.78 is 19.9. The number of β-amino-alcohol motifs (C(OH)–C–C–N with tert-alkyl or cyclic N) is 2. The molecule has 18 rings (SSSR count). The van der Waals surface area contributed by atoms with Gasteiger partial charge in [0.15, 0.2) is 11.6 Å². The van der Waals surface area contributed by atoms with Gasteiger partial charge in [0.2, 0.25) is 47.2 Å². The van der Waals surface area contributed by atoms with Crippen molar-refractivity contribution < 1.29 is 48.5 Å². The largest absolute Gasteiger partial charge is 0.473 e. The van der Waals surface area contributed by atoms with Crippen molar-refractivity contribution in [1.82, 2.24) is 100 Å². The highest BCUT2D eigenvalue weighted by Crippen LogP contribution is 2.44. The van der Waals surface area contributed by atoms with Crippen LogP contribution in [0.15, 0.2) is 180 Å². The van der Waals surface area contributed by atoms with Gasteiger partial charge in [0.25, 0.3) is 0 Å². The van der Waals surface area contributed by atoms with Crippen LogP contribution in [0.5, 0.6) is 11.8 Å². The quantitative estimate of drug-likeness (QED) is 0.0222. The molecule has 4 aliphatic heterocycles. The van der Waals surface area contributed by atoms with Crippen molar-refractivity contribution in [2.24, 2.45) is 21.8 Å². The van der Waals surface area contributed by atoms with Crippen molar-refractivity contribution in [2.75, 3.05) is 26.2 Å². The lowest BCUT2D eigenvalue weighted by Gasteiger charge is -2.31. The fourth-order valence-electron chi connectivity index (χ4n) is 18.6. The van der Waals surface area contributed by atoms with E-state index >= 15 is 4.79 Å². The molecule has 14 heterocycles.